The van der Waals surface area contributed by atoms with E-state index < -0.39 is 79.8 Å². The number of aromatic nitrogens is 1. The Hall–Kier alpha value is -3.94. The van der Waals surface area contributed by atoms with Crippen LogP contribution in [-0.2, 0) is 16.4 Å². The normalized spacial score (nSPS) is 19.7. The van der Waals surface area contributed by atoms with Gasteiger partial charge in [0.25, 0.3) is 5.92 Å². The van der Waals surface area contributed by atoms with Crippen LogP contribution in [0.15, 0.2) is 91.0 Å². The van der Waals surface area contributed by atoms with Gasteiger partial charge in [-0.1, -0.05) is 81.4 Å². The quantitative estimate of drug-likeness (QED) is 0.0925. The summed E-state index contributed by atoms with van der Waals surface area (Å²) in [6.45, 7) is 8.33. The van der Waals surface area contributed by atoms with Crippen molar-refractivity contribution in [2.24, 2.45) is 5.92 Å². The summed E-state index contributed by atoms with van der Waals surface area (Å²) in [7, 11) is -3.37. The van der Waals surface area contributed by atoms with Gasteiger partial charge < -0.3 is 19.4 Å². The van der Waals surface area contributed by atoms with Crippen LogP contribution < -0.4 is 10.4 Å². The van der Waals surface area contributed by atoms with Gasteiger partial charge >= 0.3 is 0 Å². The highest BCUT2D eigenvalue weighted by atomic mass is 28.4. The largest absolute Gasteiger partial charge is 0.554 e. The third-order valence-electron chi connectivity index (χ3n) is 12.2. The molecule has 2 N–H and O–H groups in total. The van der Waals surface area contributed by atoms with Crippen LogP contribution in [0, 0.1) is 23.4 Å². The molecule has 0 amide bonds. The lowest BCUT2D eigenvalue weighted by atomic mass is 9.77. The van der Waals surface area contributed by atoms with E-state index >= 15 is 17.6 Å². The summed E-state index contributed by atoms with van der Waals surface area (Å²) in [5.74, 6) is -6.33. The van der Waals surface area contributed by atoms with E-state index in [1.54, 1.807) is 6.92 Å². The molecular formula is C45H51F6N3O2Si-. The van der Waals surface area contributed by atoms with Crippen LogP contribution in [0.25, 0.3) is 10.9 Å². The number of likely N-dealkylation sites (tertiary alicyclic amines) is 1. The summed E-state index contributed by atoms with van der Waals surface area (Å²) in [6.07, 6.45) is 0.577. The van der Waals surface area contributed by atoms with Crippen molar-refractivity contribution in [2.45, 2.75) is 76.1 Å². The molecule has 12 heteroatoms. The number of hydrogen-bond donors (Lipinski definition) is 2. The molecule has 4 aromatic carbocycles. The summed E-state index contributed by atoms with van der Waals surface area (Å²) in [5, 5.41) is 13.2. The van der Waals surface area contributed by atoms with Gasteiger partial charge in [0.05, 0.1) is 39.8 Å². The van der Waals surface area contributed by atoms with E-state index in [1.165, 1.54) is 30.0 Å². The highest BCUT2D eigenvalue weighted by Crippen LogP contribution is 2.46. The Morgan fingerprint density at radius 3 is 2.02 bits per heavy atom. The van der Waals surface area contributed by atoms with Crippen LogP contribution >= 0.6 is 0 Å². The fourth-order valence-electron chi connectivity index (χ4n) is 9.14. The molecule has 0 saturated carbocycles. The SMILES string of the molecule is C[C@@H]1Cc2c([nH]c3ccc(F)cc23)[C@@H](c2c(F)cc(C(C)(O)C3CN(CCCF)C3)cc2F)N1CC(F)(F)CO[Si-](c1ccccc1)(c1ccccc1)C(C)(C)C. The molecule has 0 radical (unpaired) electrons. The molecule has 0 aliphatic carbocycles. The zero-order valence-electron chi connectivity index (χ0n) is 33.1. The molecule has 0 bridgehead atoms. The number of halogens is 6. The Bertz CT molecular complexity index is 2120. The van der Waals surface area contributed by atoms with Crippen LogP contribution in [0.3, 0.4) is 0 Å². The molecule has 0 spiro atoms. The number of nitrogens with zero attached hydrogens (tertiary/aromatic N) is 2. The smallest absolute Gasteiger partial charge is 0.279 e. The fraction of sp³-hybridized carbons (Fsp3) is 0.422. The molecule has 305 valence electrons. The predicted molar refractivity (Wildman–Crippen MR) is 215 cm³/mol. The summed E-state index contributed by atoms with van der Waals surface area (Å²) < 4.78 is 101. The van der Waals surface area contributed by atoms with Crippen molar-refractivity contribution < 1.29 is 35.9 Å². The first-order valence-electron chi connectivity index (χ1n) is 19.7. The number of hydrogen-bond acceptors (Lipinski definition) is 4. The molecule has 1 aromatic heterocycles. The zero-order chi connectivity index (χ0) is 40.9. The molecule has 7 rings (SSSR count). The van der Waals surface area contributed by atoms with Crippen LogP contribution in [0.4, 0.5) is 26.3 Å². The molecule has 1 fully saturated rings. The topological polar surface area (TPSA) is 51.7 Å². The second-order valence-electron chi connectivity index (χ2n) is 17.1. The maximum Gasteiger partial charge on any atom is 0.279 e. The molecule has 1 unspecified atom stereocenters. The number of fused-ring (bicyclic) bond motifs is 3. The number of rotatable bonds is 13. The van der Waals surface area contributed by atoms with Crippen molar-refractivity contribution in [2.75, 3.05) is 39.5 Å². The minimum Gasteiger partial charge on any atom is -0.554 e. The van der Waals surface area contributed by atoms with Crippen LogP contribution in [0.1, 0.15) is 69.5 Å². The van der Waals surface area contributed by atoms with Gasteiger partial charge in [-0.05, 0) is 68.1 Å². The van der Waals surface area contributed by atoms with E-state index in [4.69, 9.17) is 4.43 Å². The molecule has 5 nitrogen and oxygen atoms in total. The summed E-state index contributed by atoms with van der Waals surface area (Å²) in [5.41, 5.74) is -0.614. The Balaban J connectivity index is 1.26. The Kier molecular flexibility index (Phi) is 11.3. The van der Waals surface area contributed by atoms with Gasteiger partial charge in [-0.3, -0.25) is 9.29 Å². The van der Waals surface area contributed by atoms with E-state index in [0.29, 0.717) is 48.2 Å². The molecule has 3 heterocycles. The first kappa shape index (κ1) is 41.2. The molecule has 2 aliphatic heterocycles. The molecule has 5 aromatic rings. The molecule has 2 aliphatic rings. The number of aromatic amines is 1. The predicted octanol–water partition coefficient (Wildman–Crippen LogP) is 8.63. The lowest BCUT2D eigenvalue weighted by Gasteiger charge is -2.56. The van der Waals surface area contributed by atoms with Crippen molar-refractivity contribution in [3.63, 3.8) is 0 Å². The minimum absolute atomic E-state index is 0.0229. The van der Waals surface area contributed by atoms with Crippen LogP contribution in [0.2, 0.25) is 5.04 Å². The van der Waals surface area contributed by atoms with Gasteiger partial charge in [-0.15, -0.1) is 5.04 Å². The summed E-state index contributed by atoms with van der Waals surface area (Å²) in [6, 6.07) is 23.3. The van der Waals surface area contributed by atoms with Crippen molar-refractivity contribution in [3.8, 4) is 0 Å². The number of benzene rings is 4. The summed E-state index contributed by atoms with van der Waals surface area (Å²) >= 11 is 0. The van der Waals surface area contributed by atoms with Crippen molar-refractivity contribution in [3.05, 3.63) is 131 Å². The second kappa shape index (κ2) is 15.7. The summed E-state index contributed by atoms with van der Waals surface area (Å²) in [4.78, 5) is 6.60. The number of nitrogens with one attached hydrogen (secondary N) is 1. The first-order valence-corrected chi connectivity index (χ1v) is 21.6. The lowest BCUT2D eigenvalue weighted by Crippen LogP contribution is -2.67. The van der Waals surface area contributed by atoms with Crippen molar-refractivity contribution >= 4 is 29.6 Å². The maximum atomic E-state index is 16.9. The van der Waals surface area contributed by atoms with E-state index in [1.807, 2.05) is 86.3 Å². The first-order chi connectivity index (χ1) is 27.0. The van der Waals surface area contributed by atoms with Gasteiger partial charge in [-0.2, -0.15) is 10.4 Å². The standard InChI is InChI=1S/C45H51F6N3O2Si/c1-29-21-36-35-24-32(47)17-18-39(35)52-41(36)42(40-37(48)22-30(23-38(40)49)44(5,55)31-25-53(26-31)20-12-19-46)54(29)27-45(50,51)28-56-57(43(2,3)4,33-13-8-6-9-14-33)34-15-10-7-11-16-34/h6-11,13-18,22-24,29,31,42,52,55H,12,19-21,25-28H2,1-5H3/q-1/t29-,42-,44?/m1/s1. The highest BCUT2D eigenvalue weighted by Gasteiger charge is 2.47. The van der Waals surface area contributed by atoms with Crippen molar-refractivity contribution in [1.82, 2.24) is 14.8 Å². The minimum atomic E-state index is -3.50. The van der Waals surface area contributed by atoms with Crippen LogP contribution in [0.5, 0.6) is 0 Å². The maximum absolute atomic E-state index is 16.9. The Morgan fingerprint density at radius 1 is 0.860 bits per heavy atom. The van der Waals surface area contributed by atoms with E-state index in [-0.39, 0.29) is 17.9 Å². The molecular weight excluding hydrogens is 757 g/mol. The van der Waals surface area contributed by atoms with Gasteiger partial charge in [0.15, 0.2) is 0 Å². The molecule has 3 atom stereocenters. The van der Waals surface area contributed by atoms with Gasteiger partial charge in [0.2, 0.25) is 0 Å². The average molecular weight is 808 g/mol. The average Bonchev–Trinajstić information content (AvgIpc) is 3.49. The fourth-order valence-corrected chi connectivity index (χ4v) is 13.7. The van der Waals surface area contributed by atoms with Gasteiger partial charge in [0, 0.05) is 53.8 Å². The second-order valence-corrected chi connectivity index (χ2v) is 21.4. The highest BCUT2D eigenvalue weighted by molar-refractivity contribution is 6.99. The number of aliphatic hydroxyl groups is 1. The van der Waals surface area contributed by atoms with E-state index in [9.17, 15) is 13.9 Å². The number of alkyl halides is 3. The lowest BCUT2D eigenvalue weighted by molar-refractivity contribution is -0.0828. The molecule has 1 saturated heterocycles. The zero-order valence-corrected chi connectivity index (χ0v) is 34.1. The molecule has 57 heavy (non-hydrogen) atoms. The monoisotopic (exact) mass is 807 g/mol. The number of H-pyrrole nitrogens is 1. The third kappa shape index (κ3) is 7.71. The van der Waals surface area contributed by atoms with Crippen molar-refractivity contribution in [1.29, 1.82) is 0 Å². The Morgan fingerprint density at radius 2 is 1.46 bits per heavy atom. The van der Waals surface area contributed by atoms with E-state index in [2.05, 4.69) is 4.98 Å². The van der Waals surface area contributed by atoms with Crippen LogP contribution in [-0.4, -0.2) is 79.6 Å². The van der Waals surface area contributed by atoms with Gasteiger partial charge in [0.1, 0.15) is 17.5 Å². The van der Waals surface area contributed by atoms with E-state index in [0.717, 1.165) is 22.5 Å². The Labute approximate surface area is 331 Å². The van der Waals surface area contributed by atoms with Gasteiger partial charge in [-0.25, -0.2) is 22.0 Å². The third-order valence-corrected chi connectivity index (χ3v) is 17.2.